The summed E-state index contributed by atoms with van der Waals surface area (Å²) in [6.07, 6.45) is -0.925. The van der Waals surface area contributed by atoms with E-state index in [9.17, 15) is 26.4 Å². The molecule has 0 spiro atoms. The van der Waals surface area contributed by atoms with Crippen LogP contribution in [-0.2, 0) is 16.2 Å². The summed E-state index contributed by atoms with van der Waals surface area (Å²) in [5.74, 6) is 0.219. The number of sulfonamides is 1. The molecule has 1 aromatic carbocycles. The Labute approximate surface area is 197 Å². The quantitative estimate of drug-likeness (QED) is 0.647. The molecule has 0 saturated carbocycles. The zero-order valence-corrected chi connectivity index (χ0v) is 19.6. The van der Waals surface area contributed by atoms with Crippen LogP contribution in [0.25, 0.3) is 0 Å². The molecule has 0 N–H and O–H groups in total. The number of hydrogen-bond donors (Lipinski definition) is 0. The predicted molar refractivity (Wildman–Crippen MR) is 121 cm³/mol. The van der Waals surface area contributed by atoms with E-state index in [1.807, 2.05) is 11.8 Å². The van der Waals surface area contributed by atoms with Crippen molar-refractivity contribution in [1.29, 1.82) is 0 Å². The van der Waals surface area contributed by atoms with Crippen LogP contribution in [-0.4, -0.2) is 67.3 Å². The zero-order chi connectivity index (χ0) is 24.5. The summed E-state index contributed by atoms with van der Waals surface area (Å²) in [4.78, 5) is 20.5. The lowest BCUT2D eigenvalue weighted by molar-refractivity contribution is -0.137. The Morgan fingerprint density at radius 1 is 0.971 bits per heavy atom. The number of alkyl halides is 3. The minimum atomic E-state index is -4.43. The molecule has 7 nitrogen and oxygen atoms in total. The van der Waals surface area contributed by atoms with Crippen molar-refractivity contribution in [1.82, 2.24) is 14.2 Å². The first-order chi connectivity index (χ1) is 16.1. The summed E-state index contributed by atoms with van der Waals surface area (Å²) in [7, 11) is -3.60. The topological polar surface area (TPSA) is 73.8 Å². The monoisotopic (exact) mass is 496 g/mol. The van der Waals surface area contributed by atoms with Gasteiger partial charge in [0, 0.05) is 50.5 Å². The van der Waals surface area contributed by atoms with Gasteiger partial charge in [0.25, 0.3) is 5.91 Å². The summed E-state index contributed by atoms with van der Waals surface area (Å²) >= 11 is 0. The van der Waals surface area contributed by atoms with Gasteiger partial charge in [0.1, 0.15) is 5.82 Å². The molecule has 2 aliphatic heterocycles. The Kier molecular flexibility index (Phi) is 6.86. The number of amides is 1. The van der Waals surface area contributed by atoms with Crippen molar-refractivity contribution in [2.75, 3.05) is 37.6 Å². The van der Waals surface area contributed by atoms with Gasteiger partial charge in [-0.25, -0.2) is 13.4 Å². The molecular weight excluding hydrogens is 469 g/mol. The van der Waals surface area contributed by atoms with E-state index in [2.05, 4.69) is 4.98 Å². The first-order valence-electron chi connectivity index (χ1n) is 11.3. The fourth-order valence-electron chi connectivity index (χ4n) is 4.40. The number of benzene rings is 1. The summed E-state index contributed by atoms with van der Waals surface area (Å²) in [5, 5.41) is 0. The predicted octanol–water partition coefficient (Wildman–Crippen LogP) is 3.63. The Balaban J connectivity index is 1.38. The van der Waals surface area contributed by atoms with Crippen molar-refractivity contribution in [3.05, 3.63) is 53.7 Å². The SMILES string of the molecule is CC1CCCCN1S(=O)(=O)c1ccc(C(=O)N2CCN(c3ccc(C(F)(F)F)cn3)CC2)cc1. The second kappa shape index (κ2) is 9.53. The number of aromatic nitrogens is 1. The molecule has 1 amide bonds. The van der Waals surface area contributed by atoms with Crippen LogP contribution in [0.5, 0.6) is 0 Å². The molecule has 11 heteroatoms. The smallest absolute Gasteiger partial charge is 0.353 e. The van der Waals surface area contributed by atoms with Crippen LogP contribution < -0.4 is 4.90 Å². The Hall–Kier alpha value is -2.66. The molecule has 0 bridgehead atoms. The third-order valence-corrected chi connectivity index (χ3v) is 8.44. The summed E-state index contributed by atoms with van der Waals surface area (Å²) in [5.41, 5.74) is -0.406. The normalized spacial score (nSPS) is 20.4. The number of nitrogens with zero attached hydrogens (tertiary/aromatic N) is 4. The van der Waals surface area contributed by atoms with Gasteiger partial charge in [-0.2, -0.15) is 17.5 Å². The number of anilines is 1. The lowest BCUT2D eigenvalue weighted by Gasteiger charge is -2.35. The van der Waals surface area contributed by atoms with Crippen LogP contribution in [0.3, 0.4) is 0 Å². The van der Waals surface area contributed by atoms with Gasteiger partial charge in [-0.05, 0) is 56.2 Å². The fraction of sp³-hybridized carbons (Fsp3) is 0.478. The molecule has 2 saturated heterocycles. The molecule has 4 rings (SSSR count). The Morgan fingerprint density at radius 3 is 2.21 bits per heavy atom. The molecule has 1 atom stereocenters. The van der Waals surface area contributed by atoms with Crippen molar-refractivity contribution in [3.63, 3.8) is 0 Å². The molecule has 1 aromatic heterocycles. The highest BCUT2D eigenvalue weighted by molar-refractivity contribution is 7.89. The third-order valence-electron chi connectivity index (χ3n) is 6.42. The van der Waals surface area contributed by atoms with E-state index in [4.69, 9.17) is 0 Å². The molecule has 3 heterocycles. The maximum absolute atomic E-state index is 13.0. The van der Waals surface area contributed by atoms with E-state index >= 15 is 0 Å². The molecular formula is C23H27F3N4O3S. The highest BCUT2D eigenvalue weighted by atomic mass is 32.2. The average Bonchev–Trinajstić information content (AvgIpc) is 2.83. The molecule has 1 unspecified atom stereocenters. The van der Waals surface area contributed by atoms with Gasteiger partial charge in [-0.3, -0.25) is 4.79 Å². The second-order valence-electron chi connectivity index (χ2n) is 8.67. The highest BCUT2D eigenvalue weighted by Crippen LogP contribution is 2.30. The molecule has 2 fully saturated rings. The van der Waals surface area contributed by atoms with Crippen LogP contribution in [0, 0.1) is 0 Å². The van der Waals surface area contributed by atoms with Crippen molar-refractivity contribution >= 4 is 21.7 Å². The molecule has 34 heavy (non-hydrogen) atoms. The van der Waals surface area contributed by atoms with Crippen LogP contribution in [0.4, 0.5) is 19.0 Å². The minimum Gasteiger partial charge on any atom is -0.353 e. The number of pyridine rings is 1. The fourth-order valence-corrected chi connectivity index (χ4v) is 6.10. The van der Waals surface area contributed by atoms with Crippen molar-refractivity contribution < 1.29 is 26.4 Å². The first kappa shape index (κ1) is 24.5. The summed E-state index contributed by atoms with van der Waals surface area (Å²) in [6.45, 7) is 4.04. The summed E-state index contributed by atoms with van der Waals surface area (Å²) in [6, 6.07) is 8.32. The maximum Gasteiger partial charge on any atom is 0.417 e. The van der Waals surface area contributed by atoms with Gasteiger partial charge in [-0.1, -0.05) is 6.42 Å². The van der Waals surface area contributed by atoms with Gasteiger partial charge in [0.15, 0.2) is 0 Å². The van der Waals surface area contributed by atoms with E-state index in [0.29, 0.717) is 44.1 Å². The standard InChI is InChI=1S/C23H27F3N4O3S/c1-17-4-2-3-11-30(17)34(32,33)20-8-5-18(6-9-20)22(31)29-14-12-28(13-15-29)21-10-7-19(16-27-21)23(24,25)26/h5-10,16-17H,2-4,11-15H2,1H3. The first-order valence-corrected chi connectivity index (χ1v) is 12.7. The summed E-state index contributed by atoms with van der Waals surface area (Å²) < 4.78 is 65.7. The highest BCUT2D eigenvalue weighted by Gasteiger charge is 2.32. The minimum absolute atomic E-state index is 0.0458. The largest absolute Gasteiger partial charge is 0.417 e. The molecule has 0 radical (unpaired) electrons. The van der Waals surface area contributed by atoms with Gasteiger partial charge >= 0.3 is 6.18 Å². The number of halogens is 3. The van der Waals surface area contributed by atoms with E-state index in [1.165, 1.54) is 34.6 Å². The third kappa shape index (κ3) is 5.05. The number of piperazine rings is 1. The van der Waals surface area contributed by atoms with Gasteiger partial charge in [0.2, 0.25) is 10.0 Å². The molecule has 2 aliphatic rings. The van der Waals surface area contributed by atoms with Crippen LogP contribution in [0.1, 0.15) is 42.1 Å². The zero-order valence-electron chi connectivity index (χ0n) is 18.8. The van der Waals surface area contributed by atoms with E-state index in [0.717, 1.165) is 31.5 Å². The maximum atomic E-state index is 13.0. The number of carbonyl (C=O) groups excluding carboxylic acids is 1. The lowest BCUT2D eigenvalue weighted by atomic mass is 10.1. The van der Waals surface area contributed by atoms with Crippen LogP contribution in [0.15, 0.2) is 47.5 Å². The van der Waals surface area contributed by atoms with Crippen LogP contribution in [0.2, 0.25) is 0 Å². The van der Waals surface area contributed by atoms with Crippen molar-refractivity contribution in [2.45, 2.75) is 43.3 Å². The molecule has 184 valence electrons. The number of piperidine rings is 1. The average molecular weight is 497 g/mol. The number of hydrogen-bond acceptors (Lipinski definition) is 5. The van der Waals surface area contributed by atoms with Crippen molar-refractivity contribution in [3.8, 4) is 0 Å². The van der Waals surface area contributed by atoms with Gasteiger partial charge < -0.3 is 9.80 Å². The second-order valence-corrected chi connectivity index (χ2v) is 10.6. The van der Waals surface area contributed by atoms with Gasteiger partial charge in [0.05, 0.1) is 10.5 Å². The van der Waals surface area contributed by atoms with Crippen molar-refractivity contribution in [2.24, 2.45) is 0 Å². The van der Waals surface area contributed by atoms with Crippen LogP contribution >= 0.6 is 0 Å². The van der Waals surface area contributed by atoms with E-state index < -0.39 is 21.8 Å². The number of carbonyl (C=O) groups is 1. The van der Waals surface area contributed by atoms with E-state index in [-0.39, 0.29) is 16.8 Å². The van der Waals surface area contributed by atoms with Gasteiger partial charge in [-0.15, -0.1) is 0 Å². The molecule has 0 aliphatic carbocycles. The lowest BCUT2D eigenvalue weighted by Crippen LogP contribution is -2.49. The van der Waals surface area contributed by atoms with E-state index in [1.54, 1.807) is 4.90 Å². The number of rotatable bonds is 4. The molecule has 2 aromatic rings. The Morgan fingerprint density at radius 2 is 1.65 bits per heavy atom. The Bertz CT molecular complexity index is 1110.